The summed E-state index contributed by atoms with van der Waals surface area (Å²) in [5, 5.41) is 4.15. The molecule has 7 nitrogen and oxygen atoms in total. The van der Waals surface area contributed by atoms with Gasteiger partial charge < -0.3 is 4.57 Å². The topological polar surface area (TPSA) is 83.8 Å². The highest BCUT2D eigenvalue weighted by Gasteiger charge is 2.28. The molecule has 4 rings (SSSR count). The minimum atomic E-state index is -3.99. The van der Waals surface area contributed by atoms with Gasteiger partial charge in [-0.1, -0.05) is 48.0 Å². The van der Waals surface area contributed by atoms with Gasteiger partial charge in [0.15, 0.2) is 0 Å². The van der Waals surface area contributed by atoms with Gasteiger partial charge in [-0.3, -0.25) is 9.10 Å². The number of anilines is 1. The summed E-state index contributed by atoms with van der Waals surface area (Å²) in [6, 6.07) is 23.8. The van der Waals surface area contributed by atoms with Crippen LogP contribution < -0.4 is 9.73 Å². The molecule has 0 aliphatic heterocycles. The van der Waals surface area contributed by atoms with Crippen molar-refractivity contribution in [1.29, 1.82) is 0 Å². The van der Waals surface area contributed by atoms with Gasteiger partial charge in [-0.25, -0.2) is 13.8 Å². The van der Waals surface area contributed by atoms with E-state index < -0.39 is 22.5 Å². The van der Waals surface area contributed by atoms with Crippen molar-refractivity contribution in [3.05, 3.63) is 113 Å². The number of hydrogen-bond acceptors (Lipinski definition) is 4. The minimum Gasteiger partial charge on any atom is -0.318 e. The maximum Gasteiger partial charge on any atom is 0.264 e. The van der Waals surface area contributed by atoms with Gasteiger partial charge >= 0.3 is 0 Å². The number of nitrogens with one attached hydrogen (secondary N) is 1. The van der Waals surface area contributed by atoms with Gasteiger partial charge in [0.2, 0.25) is 0 Å². The highest BCUT2D eigenvalue weighted by molar-refractivity contribution is 7.92. The van der Waals surface area contributed by atoms with E-state index in [-0.39, 0.29) is 4.90 Å². The van der Waals surface area contributed by atoms with Crippen LogP contribution in [0.2, 0.25) is 0 Å². The van der Waals surface area contributed by atoms with E-state index in [2.05, 4.69) is 34.2 Å². The van der Waals surface area contributed by atoms with E-state index in [4.69, 9.17) is 0 Å². The number of carbonyl (C=O) groups is 1. The molecule has 4 aromatic rings. The van der Waals surface area contributed by atoms with Crippen LogP contribution in [0, 0.1) is 34.6 Å². The number of benzene rings is 3. The lowest BCUT2D eigenvalue weighted by atomic mass is 10.1. The summed E-state index contributed by atoms with van der Waals surface area (Å²) in [4.78, 5) is 13.1. The average molecular weight is 529 g/mol. The Bertz CT molecular complexity index is 1610. The van der Waals surface area contributed by atoms with Crippen LogP contribution in [0.5, 0.6) is 0 Å². The van der Waals surface area contributed by atoms with Crippen molar-refractivity contribution in [2.24, 2.45) is 5.10 Å². The zero-order valence-corrected chi connectivity index (χ0v) is 23.1. The molecule has 0 saturated heterocycles. The smallest absolute Gasteiger partial charge is 0.264 e. The van der Waals surface area contributed by atoms with Crippen LogP contribution in [0.3, 0.4) is 0 Å². The van der Waals surface area contributed by atoms with Crippen LogP contribution in [-0.4, -0.2) is 31.7 Å². The van der Waals surface area contributed by atoms with Gasteiger partial charge in [-0.15, -0.1) is 0 Å². The van der Waals surface area contributed by atoms with Crippen LogP contribution in [0.4, 0.5) is 5.69 Å². The van der Waals surface area contributed by atoms with Crippen molar-refractivity contribution in [2.75, 3.05) is 10.8 Å². The fourth-order valence-corrected chi connectivity index (χ4v) is 6.03. The number of amides is 1. The predicted molar refractivity (Wildman–Crippen MR) is 153 cm³/mol. The lowest BCUT2D eigenvalue weighted by Crippen LogP contribution is -2.40. The molecule has 0 radical (unpaired) electrons. The third-order valence-electron chi connectivity index (χ3n) is 6.36. The molecule has 1 heterocycles. The van der Waals surface area contributed by atoms with Crippen molar-refractivity contribution in [3.63, 3.8) is 0 Å². The Morgan fingerprint density at radius 1 is 0.895 bits per heavy atom. The van der Waals surface area contributed by atoms with Crippen molar-refractivity contribution < 1.29 is 13.2 Å². The summed E-state index contributed by atoms with van der Waals surface area (Å²) in [6.45, 7) is 9.41. The molecule has 0 fully saturated rings. The van der Waals surface area contributed by atoms with E-state index in [0.717, 1.165) is 43.6 Å². The number of aryl methyl sites for hydroxylation is 4. The first-order valence-electron chi connectivity index (χ1n) is 12.3. The summed E-state index contributed by atoms with van der Waals surface area (Å²) in [7, 11) is -3.99. The number of sulfonamides is 1. The number of hydrazone groups is 1. The third-order valence-corrected chi connectivity index (χ3v) is 8.14. The maximum atomic E-state index is 13.5. The van der Waals surface area contributed by atoms with Crippen molar-refractivity contribution >= 4 is 27.8 Å². The molecule has 38 heavy (non-hydrogen) atoms. The zero-order chi connectivity index (χ0) is 27.4. The molecule has 3 aromatic carbocycles. The molecule has 0 atom stereocenters. The summed E-state index contributed by atoms with van der Waals surface area (Å²) in [5.74, 6) is -0.548. The van der Waals surface area contributed by atoms with E-state index >= 15 is 0 Å². The van der Waals surface area contributed by atoms with Crippen LogP contribution in [0.15, 0.2) is 88.9 Å². The highest BCUT2D eigenvalue weighted by atomic mass is 32.2. The second-order valence-corrected chi connectivity index (χ2v) is 11.3. The molecule has 0 aliphatic carbocycles. The van der Waals surface area contributed by atoms with Crippen LogP contribution in [-0.2, 0) is 14.8 Å². The van der Waals surface area contributed by atoms with Crippen LogP contribution >= 0.6 is 0 Å². The first-order chi connectivity index (χ1) is 18.1. The van der Waals surface area contributed by atoms with Gasteiger partial charge in [-0.05, 0) is 82.1 Å². The summed E-state index contributed by atoms with van der Waals surface area (Å²) in [5.41, 5.74) is 9.80. The molecule has 0 spiro atoms. The van der Waals surface area contributed by atoms with E-state index in [1.165, 1.54) is 12.1 Å². The van der Waals surface area contributed by atoms with E-state index in [0.29, 0.717) is 5.69 Å². The lowest BCUT2D eigenvalue weighted by molar-refractivity contribution is -0.119. The van der Waals surface area contributed by atoms with E-state index in [9.17, 15) is 13.2 Å². The van der Waals surface area contributed by atoms with Gasteiger partial charge in [0.05, 0.1) is 16.8 Å². The standard InChI is InChI=1S/C30H32N4O3S/c1-21-10-9-11-27(17-21)34-24(4)18-26(25(34)5)19-31-32-30(35)20-33(29-15-14-22(2)16-23(29)3)38(36,37)28-12-7-6-8-13-28/h6-19H,20H2,1-5H3,(H,32,35)/b31-19+. The first-order valence-corrected chi connectivity index (χ1v) is 13.7. The van der Waals surface area contributed by atoms with E-state index in [1.54, 1.807) is 30.5 Å². The molecule has 0 unspecified atom stereocenters. The van der Waals surface area contributed by atoms with Gasteiger partial charge in [-0.2, -0.15) is 5.10 Å². The monoisotopic (exact) mass is 528 g/mol. The largest absolute Gasteiger partial charge is 0.318 e. The molecule has 1 N–H and O–H groups in total. The molecule has 1 amide bonds. The Hall–Kier alpha value is -4.17. The van der Waals surface area contributed by atoms with Crippen molar-refractivity contribution in [3.8, 4) is 5.69 Å². The highest BCUT2D eigenvalue weighted by Crippen LogP contribution is 2.27. The Labute approximate surface area is 224 Å². The first kappa shape index (κ1) is 26.9. The molecular formula is C30H32N4O3S. The Morgan fingerprint density at radius 2 is 1.61 bits per heavy atom. The number of aromatic nitrogens is 1. The number of hydrogen-bond donors (Lipinski definition) is 1. The quantitative estimate of drug-likeness (QED) is 0.247. The van der Waals surface area contributed by atoms with E-state index in [1.807, 2.05) is 58.0 Å². The molecule has 196 valence electrons. The Morgan fingerprint density at radius 3 is 2.29 bits per heavy atom. The van der Waals surface area contributed by atoms with Crippen LogP contribution in [0.1, 0.15) is 33.6 Å². The minimum absolute atomic E-state index is 0.111. The molecule has 0 bridgehead atoms. The lowest BCUT2D eigenvalue weighted by Gasteiger charge is -2.25. The second kappa shape index (κ2) is 11.1. The van der Waals surface area contributed by atoms with Crippen LogP contribution in [0.25, 0.3) is 5.69 Å². The molecule has 8 heteroatoms. The zero-order valence-electron chi connectivity index (χ0n) is 22.3. The van der Waals surface area contributed by atoms with Gasteiger partial charge in [0, 0.05) is 22.6 Å². The molecule has 1 aromatic heterocycles. The summed E-state index contributed by atoms with van der Waals surface area (Å²) in [6.07, 6.45) is 1.58. The summed E-state index contributed by atoms with van der Waals surface area (Å²) < 4.78 is 30.4. The summed E-state index contributed by atoms with van der Waals surface area (Å²) >= 11 is 0. The number of rotatable bonds is 8. The maximum absolute atomic E-state index is 13.5. The molecule has 0 saturated carbocycles. The normalized spacial score (nSPS) is 11.6. The number of carbonyl (C=O) groups excluding carboxylic acids is 1. The fourth-order valence-electron chi connectivity index (χ4n) is 4.53. The SMILES string of the molecule is Cc1cccc(-n2c(C)cc(/C=N/NC(=O)CN(c3ccc(C)cc3C)S(=O)(=O)c3ccccc3)c2C)c1. The second-order valence-electron chi connectivity index (χ2n) is 9.41. The average Bonchev–Trinajstić information content (AvgIpc) is 3.16. The predicted octanol–water partition coefficient (Wildman–Crippen LogP) is 5.37. The fraction of sp³-hybridized carbons (Fsp3) is 0.200. The van der Waals surface area contributed by atoms with Gasteiger partial charge in [0.1, 0.15) is 6.54 Å². The third kappa shape index (κ3) is 5.70. The number of nitrogens with zero attached hydrogens (tertiary/aromatic N) is 3. The molecule has 0 aliphatic rings. The Balaban J connectivity index is 1.57. The Kier molecular flexibility index (Phi) is 7.83. The van der Waals surface area contributed by atoms with Gasteiger partial charge in [0.25, 0.3) is 15.9 Å². The van der Waals surface area contributed by atoms with Crippen molar-refractivity contribution in [1.82, 2.24) is 9.99 Å². The van der Waals surface area contributed by atoms with Crippen molar-refractivity contribution in [2.45, 2.75) is 39.5 Å². The molecular weight excluding hydrogens is 496 g/mol.